The van der Waals surface area contributed by atoms with Gasteiger partial charge in [0.25, 0.3) is 0 Å². The largest absolute Gasteiger partial charge is 0.391 e. The Kier molecular flexibility index (Phi) is 5.58. The van der Waals surface area contributed by atoms with Gasteiger partial charge in [0, 0.05) is 12.0 Å². The van der Waals surface area contributed by atoms with Crippen LogP contribution in [0.25, 0.3) is 5.52 Å². The van der Waals surface area contributed by atoms with Gasteiger partial charge in [-0.15, -0.1) is 5.10 Å². The molecule has 4 rings (SSSR count). The number of aliphatic hydroxyl groups excluding tert-OH is 1. The van der Waals surface area contributed by atoms with Crippen molar-refractivity contribution in [3.63, 3.8) is 0 Å². The minimum Gasteiger partial charge on any atom is -0.391 e. The summed E-state index contributed by atoms with van der Waals surface area (Å²) in [5.74, 6) is -0.756. The lowest BCUT2D eigenvalue weighted by Crippen LogP contribution is -2.43. The molecule has 3 heterocycles. The normalized spacial score (nSPS) is 22.3. The lowest BCUT2D eigenvalue weighted by Gasteiger charge is -2.43. The fourth-order valence-corrected chi connectivity index (χ4v) is 3.69. The van der Waals surface area contributed by atoms with Crippen molar-refractivity contribution >= 4 is 11.5 Å². The van der Waals surface area contributed by atoms with Gasteiger partial charge in [0.05, 0.1) is 24.6 Å². The van der Waals surface area contributed by atoms with E-state index in [1.165, 1.54) is 17.6 Å². The number of nitrogens with zero attached hydrogens (tertiary/aromatic N) is 4. The van der Waals surface area contributed by atoms with Crippen LogP contribution in [0.15, 0.2) is 6.20 Å². The molecule has 0 radical (unpaired) electrons. The number of fused-ring (bicyclic) bond motifs is 1. The van der Waals surface area contributed by atoms with E-state index in [2.05, 4.69) is 10.1 Å². The Balaban J connectivity index is 0.000000253. The molecule has 2 aromatic rings. The van der Waals surface area contributed by atoms with Crippen molar-refractivity contribution in [1.82, 2.24) is 14.6 Å². The molecule has 0 spiro atoms. The van der Waals surface area contributed by atoms with E-state index in [-0.39, 0.29) is 28.8 Å². The number of nitrogens with two attached hydrogens (primary N) is 1. The van der Waals surface area contributed by atoms with E-state index in [9.17, 15) is 14.0 Å². The highest BCUT2D eigenvalue weighted by Crippen LogP contribution is 2.49. The van der Waals surface area contributed by atoms with Gasteiger partial charge in [-0.3, -0.25) is 0 Å². The summed E-state index contributed by atoms with van der Waals surface area (Å²) in [6, 6.07) is 1.83. The second-order valence-electron chi connectivity index (χ2n) is 7.06. The summed E-state index contributed by atoms with van der Waals surface area (Å²) in [5, 5.41) is 22.0. The molecule has 0 aromatic carbocycles. The molecule has 2 aliphatic rings. The first-order valence-corrected chi connectivity index (χ1v) is 9.04. The van der Waals surface area contributed by atoms with Gasteiger partial charge >= 0.3 is 0 Å². The quantitative estimate of drug-likeness (QED) is 0.828. The van der Waals surface area contributed by atoms with Gasteiger partial charge in [-0.25, -0.2) is 18.3 Å². The average molecular weight is 379 g/mol. The lowest BCUT2D eigenvalue weighted by atomic mass is 9.63. The van der Waals surface area contributed by atoms with E-state index in [4.69, 9.17) is 15.6 Å². The number of nitrogen functional groups attached to an aromatic ring is 1. The van der Waals surface area contributed by atoms with Crippen LogP contribution in [0.2, 0.25) is 0 Å². The molecule has 0 amide bonds. The van der Waals surface area contributed by atoms with Gasteiger partial charge in [0.2, 0.25) is 5.95 Å². The number of hydrogen-bond acceptors (Lipinski definition) is 6. The van der Waals surface area contributed by atoms with Crippen LogP contribution in [0.3, 0.4) is 0 Å². The maximum absolute atomic E-state index is 14.3. The van der Waals surface area contributed by atoms with E-state index in [1.807, 2.05) is 6.07 Å². The molecule has 2 aromatic heterocycles. The predicted octanol–water partition coefficient (Wildman–Crippen LogP) is 2.26. The number of alkyl halides is 1. The highest BCUT2D eigenvalue weighted by atomic mass is 19.1. The molecular formula is C18H23F2N5O2. The monoisotopic (exact) mass is 379 g/mol. The van der Waals surface area contributed by atoms with Crippen molar-refractivity contribution in [3.05, 3.63) is 23.3 Å². The third kappa shape index (κ3) is 3.47. The fraction of sp³-hybridized carbons (Fsp3) is 0.611. The third-order valence-corrected chi connectivity index (χ3v) is 5.37. The van der Waals surface area contributed by atoms with Gasteiger partial charge in [-0.2, -0.15) is 5.26 Å². The SMILES string of the molecule is CC(F)C1(c2c(C#N)c(F)c3cnc(N)nn23)CCC1.OC1CCCOC1. The number of halogens is 2. The number of aliphatic hydroxyl groups is 1. The van der Waals surface area contributed by atoms with Gasteiger partial charge in [0.1, 0.15) is 23.3 Å². The Hall–Kier alpha value is -2.31. The maximum atomic E-state index is 14.3. The Morgan fingerprint density at radius 1 is 1.48 bits per heavy atom. The second-order valence-corrected chi connectivity index (χ2v) is 7.06. The number of hydrogen-bond donors (Lipinski definition) is 2. The Morgan fingerprint density at radius 3 is 2.67 bits per heavy atom. The zero-order chi connectivity index (χ0) is 19.6. The van der Waals surface area contributed by atoms with E-state index >= 15 is 0 Å². The van der Waals surface area contributed by atoms with Crippen LogP contribution >= 0.6 is 0 Å². The maximum Gasteiger partial charge on any atom is 0.238 e. The molecule has 9 heteroatoms. The molecular weight excluding hydrogens is 356 g/mol. The lowest BCUT2D eigenvalue weighted by molar-refractivity contribution is -0.00535. The molecule has 1 saturated carbocycles. The van der Waals surface area contributed by atoms with E-state index < -0.39 is 17.4 Å². The second kappa shape index (κ2) is 7.74. The Labute approximate surface area is 155 Å². The van der Waals surface area contributed by atoms with E-state index in [0.717, 1.165) is 25.9 Å². The summed E-state index contributed by atoms with van der Waals surface area (Å²) in [6.07, 6.45) is 3.74. The molecule has 27 heavy (non-hydrogen) atoms. The first kappa shape index (κ1) is 19.5. The van der Waals surface area contributed by atoms with Gasteiger partial charge in [0.15, 0.2) is 5.82 Å². The minimum atomic E-state index is -1.20. The van der Waals surface area contributed by atoms with Crippen molar-refractivity contribution in [1.29, 1.82) is 5.26 Å². The molecule has 1 saturated heterocycles. The molecule has 1 aliphatic carbocycles. The van der Waals surface area contributed by atoms with Crippen LogP contribution in [0.4, 0.5) is 14.7 Å². The molecule has 7 nitrogen and oxygen atoms in total. The van der Waals surface area contributed by atoms with Crippen LogP contribution in [0, 0.1) is 17.1 Å². The van der Waals surface area contributed by atoms with Crippen molar-refractivity contribution in [2.45, 2.75) is 56.7 Å². The standard InChI is InChI=1S/C13H13F2N5.C5H10O2/c1-7(14)13(3-2-4-13)11-8(5-16)10(15)9-6-18-12(17)19-20(9)11;6-5-2-1-3-7-4-5/h6-7H,2-4H2,1H3,(H2,17,19);5-6H,1-4H2. The number of aromatic nitrogens is 3. The number of rotatable bonds is 2. The van der Waals surface area contributed by atoms with Gasteiger partial charge < -0.3 is 15.6 Å². The molecule has 0 bridgehead atoms. The molecule has 2 unspecified atom stereocenters. The van der Waals surface area contributed by atoms with Crippen LogP contribution < -0.4 is 5.73 Å². The smallest absolute Gasteiger partial charge is 0.238 e. The number of anilines is 1. The summed E-state index contributed by atoms with van der Waals surface area (Å²) >= 11 is 0. The topological polar surface area (TPSA) is 109 Å². The zero-order valence-corrected chi connectivity index (χ0v) is 15.2. The van der Waals surface area contributed by atoms with Crippen LogP contribution in [0.1, 0.15) is 50.3 Å². The average Bonchev–Trinajstić information content (AvgIpc) is 2.87. The van der Waals surface area contributed by atoms with Crippen molar-refractivity contribution in [3.8, 4) is 6.07 Å². The summed E-state index contributed by atoms with van der Waals surface area (Å²) in [4.78, 5) is 3.73. The molecule has 146 valence electrons. The highest BCUT2D eigenvalue weighted by Gasteiger charge is 2.49. The van der Waals surface area contributed by atoms with Crippen molar-refractivity contribution < 1.29 is 18.6 Å². The van der Waals surface area contributed by atoms with E-state index in [0.29, 0.717) is 19.4 Å². The first-order valence-electron chi connectivity index (χ1n) is 9.04. The van der Waals surface area contributed by atoms with Crippen LogP contribution in [0.5, 0.6) is 0 Å². The van der Waals surface area contributed by atoms with Gasteiger partial charge in [-0.1, -0.05) is 6.42 Å². The summed E-state index contributed by atoms with van der Waals surface area (Å²) in [7, 11) is 0. The van der Waals surface area contributed by atoms with E-state index in [1.54, 1.807) is 0 Å². The minimum absolute atomic E-state index is 0.0424. The van der Waals surface area contributed by atoms with Crippen LogP contribution in [-0.4, -0.2) is 45.2 Å². The summed E-state index contributed by atoms with van der Waals surface area (Å²) < 4.78 is 34.6. The van der Waals surface area contributed by atoms with Crippen molar-refractivity contribution in [2.24, 2.45) is 0 Å². The first-order chi connectivity index (χ1) is 12.9. The predicted molar refractivity (Wildman–Crippen MR) is 94.2 cm³/mol. The number of ether oxygens (including phenoxy) is 1. The fourth-order valence-electron chi connectivity index (χ4n) is 3.69. The Morgan fingerprint density at radius 2 is 2.22 bits per heavy atom. The summed E-state index contributed by atoms with van der Waals surface area (Å²) in [6.45, 7) is 2.80. The summed E-state index contributed by atoms with van der Waals surface area (Å²) in [5.41, 5.74) is 4.84. The number of nitriles is 1. The molecule has 1 aliphatic heterocycles. The van der Waals surface area contributed by atoms with Crippen molar-refractivity contribution in [2.75, 3.05) is 18.9 Å². The highest BCUT2D eigenvalue weighted by molar-refractivity contribution is 5.60. The molecule has 2 atom stereocenters. The van der Waals surface area contributed by atoms with Gasteiger partial charge in [-0.05, 0) is 32.6 Å². The van der Waals surface area contributed by atoms with Crippen LogP contribution in [-0.2, 0) is 10.2 Å². The molecule has 3 N–H and O–H groups in total. The Bertz CT molecular complexity index is 852. The zero-order valence-electron chi connectivity index (χ0n) is 15.2. The third-order valence-electron chi connectivity index (χ3n) is 5.37. The molecule has 2 fully saturated rings.